The van der Waals surface area contributed by atoms with Gasteiger partial charge in [-0.15, -0.1) is 0 Å². The van der Waals surface area contributed by atoms with E-state index in [1.165, 1.54) is 0 Å². The van der Waals surface area contributed by atoms with Gasteiger partial charge in [-0.1, -0.05) is 13.0 Å². The highest BCUT2D eigenvalue weighted by atomic mass is 15.2. The van der Waals surface area contributed by atoms with Crippen LogP contribution in [0.4, 0.5) is 0 Å². The Balaban J connectivity index is 2.02. The highest BCUT2D eigenvalue weighted by molar-refractivity contribution is 5.03. The summed E-state index contributed by atoms with van der Waals surface area (Å²) in [6.45, 7) is 7.24. The molecular weight excluding hydrogens is 224 g/mol. The fourth-order valence-corrected chi connectivity index (χ4v) is 2.76. The molecule has 1 aliphatic heterocycles. The average molecular weight is 248 g/mol. The Hall–Kier alpha value is -0.970. The number of hydrogen-bond donors (Lipinski definition) is 1. The molecule has 0 aromatic carbocycles. The van der Waals surface area contributed by atoms with Crippen molar-refractivity contribution in [1.82, 2.24) is 14.8 Å². The molecule has 1 aromatic rings. The van der Waals surface area contributed by atoms with Crippen molar-refractivity contribution in [3.8, 4) is 0 Å². The molecule has 2 atom stereocenters. The van der Waals surface area contributed by atoms with Crippen molar-refractivity contribution in [1.29, 1.82) is 0 Å². The molecule has 0 aliphatic carbocycles. The van der Waals surface area contributed by atoms with E-state index >= 15 is 0 Å². The summed E-state index contributed by atoms with van der Waals surface area (Å²) < 4.78 is 0. The first-order chi connectivity index (χ1) is 8.69. The molecule has 0 amide bonds. The number of hydrogen-bond acceptors (Lipinski definition) is 4. The average Bonchev–Trinajstić information content (AvgIpc) is 2.49. The van der Waals surface area contributed by atoms with Crippen molar-refractivity contribution in [2.45, 2.75) is 19.5 Å². The van der Waals surface area contributed by atoms with E-state index in [-0.39, 0.29) is 0 Å². The lowest BCUT2D eigenvalue weighted by Crippen LogP contribution is -2.43. The van der Waals surface area contributed by atoms with Gasteiger partial charge in [0, 0.05) is 45.0 Å². The van der Waals surface area contributed by atoms with Crippen LogP contribution in [0.5, 0.6) is 0 Å². The highest BCUT2D eigenvalue weighted by Crippen LogP contribution is 2.14. The zero-order valence-electron chi connectivity index (χ0n) is 11.4. The van der Waals surface area contributed by atoms with Gasteiger partial charge >= 0.3 is 0 Å². The standard InChI is InChI=1S/C14H24N4/c1-12-8-17(2)14(7-15)11-18(9-12)10-13-5-3-4-6-16-13/h3-6,12,14H,7-11,15H2,1-2H3. The minimum Gasteiger partial charge on any atom is -0.329 e. The van der Waals surface area contributed by atoms with Crippen molar-refractivity contribution < 1.29 is 0 Å². The van der Waals surface area contributed by atoms with Crippen LogP contribution in [-0.2, 0) is 6.54 Å². The maximum atomic E-state index is 5.88. The molecule has 0 spiro atoms. The van der Waals surface area contributed by atoms with Gasteiger partial charge in [0.05, 0.1) is 5.69 Å². The van der Waals surface area contributed by atoms with Gasteiger partial charge in [0.1, 0.15) is 0 Å². The lowest BCUT2D eigenvalue weighted by molar-refractivity contribution is 0.206. The second-order valence-electron chi connectivity index (χ2n) is 5.45. The second-order valence-corrected chi connectivity index (χ2v) is 5.45. The molecule has 4 nitrogen and oxygen atoms in total. The summed E-state index contributed by atoms with van der Waals surface area (Å²) in [7, 11) is 2.18. The Bertz CT molecular complexity index is 354. The van der Waals surface area contributed by atoms with E-state index in [2.05, 4.69) is 40.9 Å². The first kappa shape index (κ1) is 13.5. The molecule has 1 aliphatic rings. The molecule has 0 radical (unpaired) electrons. The third-order valence-electron chi connectivity index (χ3n) is 3.65. The van der Waals surface area contributed by atoms with Crippen molar-refractivity contribution in [2.75, 3.05) is 33.2 Å². The molecule has 1 saturated heterocycles. The Kier molecular flexibility index (Phi) is 4.69. The van der Waals surface area contributed by atoms with Gasteiger partial charge in [0.2, 0.25) is 0 Å². The summed E-state index contributed by atoms with van der Waals surface area (Å²) in [6.07, 6.45) is 1.86. The SMILES string of the molecule is CC1CN(Cc2ccccn2)CC(CN)N(C)C1. The van der Waals surface area contributed by atoms with Crippen molar-refractivity contribution in [3.63, 3.8) is 0 Å². The van der Waals surface area contributed by atoms with Crippen LogP contribution in [-0.4, -0.2) is 54.1 Å². The predicted octanol–water partition coefficient (Wildman–Crippen LogP) is 0.792. The molecule has 4 heteroatoms. The van der Waals surface area contributed by atoms with E-state index in [9.17, 15) is 0 Å². The van der Waals surface area contributed by atoms with E-state index in [0.29, 0.717) is 12.0 Å². The first-order valence-corrected chi connectivity index (χ1v) is 6.71. The number of rotatable bonds is 3. The lowest BCUT2D eigenvalue weighted by atomic mass is 10.1. The largest absolute Gasteiger partial charge is 0.329 e. The van der Waals surface area contributed by atoms with Crippen LogP contribution in [0.2, 0.25) is 0 Å². The number of aromatic nitrogens is 1. The number of pyridine rings is 1. The lowest BCUT2D eigenvalue weighted by Gasteiger charge is -2.27. The maximum absolute atomic E-state index is 5.88. The molecule has 1 aromatic heterocycles. The topological polar surface area (TPSA) is 45.4 Å². The van der Waals surface area contributed by atoms with Gasteiger partial charge in [0.15, 0.2) is 0 Å². The molecule has 2 unspecified atom stereocenters. The second kappa shape index (κ2) is 6.27. The minimum atomic E-state index is 0.457. The molecular formula is C14H24N4. The van der Waals surface area contributed by atoms with Crippen LogP contribution in [0.1, 0.15) is 12.6 Å². The van der Waals surface area contributed by atoms with Gasteiger partial charge in [0.25, 0.3) is 0 Å². The molecule has 2 rings (SSSR count). The van der Waals surface area contributed by atoms with Gasteiger partial charge in [-0.3, -0.25) is 9.88 Å². The van der Waals surface area contributed by atoms with Crippen molar-refractivity contribution in [3.05, 3.63) is 30.1 Å². The van der Waals surface area contributed by atoms with Gasteiger partial charge in [-0.05, 0) is 25.1 Å². The van der Waals surface area contributed by atoms with Crippen LogP contribution in [0, 0.1) is 5.92 Å². The number of nitrogens with two attached hydrogens (primary N) is 1. The third kappa shape index (κ3) is 3.51. The minimum absolute atomic E-state index is 0.457. The van der Waals surface area contributed by atoms with Crippen molar-refractivity contribution >= 4 is 0 Å². The molecule has 0 bridgehead atoms. The molecule has 1 fully saturated rings. The fourth-order valence-electron chi connectivity index (χ4n) is 2.76. The maximum Gasteiger partial charge on any atom is 0.0543 e. The highest BCUT2D eigenvalue weighted by Gasteiger charge is 2.24. The van der Waals surface area contributed by atoms with Crippen molar-refractivity contribution in [2.24, 2.45) is 11.7 Å². The Morgan fingerprint density at radius 1 is 1.33 bits per heavy atom. The van der Waals surface area contributed by atoms with E-state index in [1.807, 2.05) is 12.3 Å². The Morgan fingerprint density at radius 3 is 2.83 bits per heavy atom. The molecule has 0 saturated carbocycles. The molecule has 2 N–H and O–H groups in total. The zero-order valence-corrected chi connectivity index (χ0v) is 11.4. The summed E-state index contributed by atoms with van der Waals surface area (Å²) in [5, 5.41) is 0. The molecule has 18 heavy (non-hydrogen) atoms. The number of nitrogens with zero attached hydrogens (tertiary/aromatic N) is 3. The van der Waals surface area contributed by atoms with E-state index in [0.717, 1.165) is 38.4 Å². The summed E-state index contributed by atoms with van der Waals surface area (Å²) in [6, 6.07) is 6.57. The zero-order chi connectivity index (χ0) is 13.0. The summed E-state index contributed by atoms with van der Waals surface area (Å²) >= 11 is 0. The molecule has 2 heterocycles. The van der Waals surface area contributed by atoms with Crippen LogP contribution in [0.25, 0.3) is 0 Å². The monoisotopic (exact) mass is 248 g/mol. The van der Waals surface area contributed by atoms with E-state index in [1.54, 1.807) is 0 Å². The van der Waals surface area contributed by atoms with E-state index < -0.39 is 0 Å². The van der Waals surface area contributed by atoms with Crippen LogP contribution in [0.15, 0.2) is 24.4 Å². The summed E-state index contributed by atoms with van der Waals surface area (Å²) in [5.74, 6) is 0.676. The smallest absolute Gasteiger partial charge is 0.0543 e. The van der Waals surface area contributed by atoms with Gasteiger partial charge < -0.3 is 10.6 Å². The quantitative estimate of drug-likeness (QED) is 0.859. The fraction of sp³-hybridized carbons (Fsp3) is 0.643. The number of likely N-dealkylation sites (N-methyl/N-ethyl adjacent to an activating group) is 1. The van der Waals surface area contributed by atoms with Crippen LogP contribution < -0.4 is 5.73 Å². The van der Waals surface area contributed by atoms with Crippen LogP contribution >= 0.6 is 0 Å². The summed E-state index contributed by atoms with van der Waals surface area (Å²) in [5.41, 5.74) is 7.02. The molecule has 100 valence electrons. The first-order valence-electron chi connectivity index (χ1n) is 6.71. The Labute approximate surface area is 110 Å². The van der Waals surface area contributed by atoms with Crippen LogP contribution in [0.3, 0.4) is 0 Å². The predicted molar refractivity (Wildman–Crippen MR) is 74.2 cm³/mol. The van der Waals surface area contributed by atoms with Gasteiger partial charge in [-0.25, -0.2) is 0 Å². The van der Waals surface area contributed by atoms with Gasteiger partial charge in [-0.2, -0.15) is 0 Å². The Morgan fingerprint density at radius 2 is 2.17 bits per heavy atom. The summed E-state index contributed by atoms with van der Waals surface area (Å²) in [4.78, 5) is 9.28. The normalized spacial score (nSPS) is 27.1. The third-order valence-corrected chi connectivity index (χ3v) is 3.65. The van der Waals surface area contributed by atoms with E-state index in [4.69, 9.17) is 5.73 Å².